The average molecular weight is 283 g/mol. The highest BCUT2D eigenvalue weighted by Gasteiger charge is 2.08. The van der Waals surface area contributed by atoms with Crippen molar-refractivity contribution in [2.45, 2.75) is 13.8 Å². The Hall–Kier alpha value is -2.82. The number of hydrogen-bond donors (Lipinski definition) is 3. The summed E-state index contributed by atoms with van der Waals surface area (Å²) in [6.45, 7) is 4.00. The lowest BCUT2D eigenvalue weighted by atomic mass is 10.2. The zero-order valence-electron chi connectivity index (χ0n) is 11.9. The Morgan fingerprint density at radius 1 is 0.905 bits per heavy atom. The molecule has 108 valence electrons. The Morgan fingerprint density at radius 2 is 1.57 bits per heavy atom. The van der Waals surface area contributed by atoms with Crippen molar-refractivity contribution < 1.29 is 10.2 Å². The summed E-state index contributed by atoms with van der Waals surface area (Å²) in [4.78, 5) is 8.22. The number of aromatic hydroxyl groups is 2. The molecule has 0 aliphatic carbocycles. The molecule has 0 fully saturated rings. The van der Waals surface area contributed by atoms with Gasteiger partial charge in [0.25, 0.3) is 0 Å². The van der Waals surface area contributed by atoms with Crippen LogP contribution in [0.5, 0.6) is 11.5 Å². The fraction of sp³-hybridized carbons (Fsp3) is 0.125. The summed E-state index contributed by atoms with van der Waals surface area (Å²) >= 11 is 0. The van der Waals surface area contributed by atoms with Gasteiger partial charge in [-0.2, -0.15) is 0 Å². The van der Waals surface area contributed by atoms with Gasteiger partial charge in [0.05, 0.1) is 5.52 Å². The number of phenols is 2. The van der Waals surface area contributed by atoms with Crippen molar-refractivity contribution in [1.29, 1.82) is 0 Å². The second kappa shape index (κ2) is 6.56. The number of phenolic OH excluding ortho intramolecular Hbond substituents is 2. The first kappa shape index (κ1) is 14.6. The Balaban J connectivity index is 0.000000774. The molecule has 0 atom stereocenters. The summed E-state index contributed by atoms with van der Waals surface area (Å²) in [7, 11) is 0. The Morgan fingerprint density at radius 3 is 2.29 bits per heavy atom. The van der Waals surface area contributed by atoms with Crippen LogP contribution in [-0.2, 0) is 0 Å². The van der Waals surface area contributed by atoms with Crippen molar-refractivity contribution in [2.75, 3.05) is 5.32 Å². The van der Waals surface area contributed by atoms with Gasteiger partial charge in [-0.1, -0.05) is 32.0 Å². The second-order valence-electron chi connectivity index (χ2n) is 4.07. The van der Waals surface area contributed by atoms with Gasteiger partial charge < -0.3 is 15.5 Å². The molecule has 5 heteroatoms. The number of nitrogens with zero attached hydrogens (tertiary/aromatic N) is 2. The summed E-state index contributed by atoms with van der Waals surface area (Å²) in [6.07, 6.45) is 1.41. The van der Waals surface area contributed by atoms with E-state index in [1.165, 1.54) is 18.5 Å². The van der Waals surface area contributed by atoms with Gasteiger partial charge in [-0.15, -0.1) is 0 Å². The number of rotatable bonds is 2. The van der Waals surface area contributed by atoms with Crippen LogP contribution in [0, 0.1) is 0 Å². The quantitative estimate of drug-likeness (QED) is 0.623. The molecule has 2 aromatic carbocycles. The maximum Gasteiger partial charge on any atom is 0.159 e. The molecule has 1 aromatic heterocycles. The molecule has 5 nitrogen and oxygen atoms in total. The SMILES string of the molecule is CC.Oc1cc2ncnc(Nc3ccccc3)c2cc1O. The number of benzene rings is 2. The van der Waals surface area contributed by atoms with Gasteiger partial charge >= 0.3 is 0 Å². The highest BCUT2D eigenvalue weighted by atomic mass is 16.3. The summed E-state index contributed by atoms with van der Waals surface area (Å²) < 4.78 is 0. The zero-order valence-corrected chi connectivity index (χ0v) is 11.9. The minimum Gasteiger partial charge on any atom is -0.504 e. The van der Waals surface area contributed by atoms with Gasteiger partial charge in [-0.05, 0) is 18.2 Å². The van der Waals surface area contributed by atoms with Crippen LogP contribution in [0.2, 0.25) is 0 Å². The highest BCUT2D eigenvalue weighted by molar-refractivity contribution is 5.92. The molecule has 0 aliphatic rings. The van der Waals surface area contributed by atoms with Gasteiger partial charge in [0, 0.05) is 17.1 Å². The number of aromatic nitrogens is 2. The van der Waals surface area contributed by atoms with Crippen LogP contribution < -0.4 is 5.32 Å². The lowest BCUT2D eigenvalue weighted by Gasteiger charge is -2.08. The van der Waals surface area contributed by atoms with E-state index >= 15 is 0 Å². The van der Waals surface area contributed by atoms with Crippen molar-refractivity contribution in [3.05, 3.63) is 48.8 Å². The third-order valence-electron chi connectivity index (χ3n) is 2.77. The third kappa shape index (κ3) is 3.20. The first-order chi connectivity index (χ1) is 10.2. The molecule has 3 N–H and O–H groups in total. The molecule has 0 saturated carbocycles. The van der Waals surface area contributed by atoms with Crippen molar-refractivity contribution in [1.82, 2.24) is 9.97 Å². The maximum atomic E-state index is 9.57. The van der Waals surface area contributed by atoms with Gasteiger partial charge in [-0.25, -0.2) is 9.97 Å². The van der Waals surface area contributed by atoms with Gasteiger partial charge in [0.15, 0.2) is 11.5 Å². The first-order valence-corrected chi connectivity index (χ1v) is 6.73. The predicted octanol–water partition coefficient (Wildman–Crippen LogP) is 3.81. The molecule has 0 saturated heterocycles. The molecule has 0 spiro atoms. The molecule has 3 rings (SSSR count). The fourth-order valence-corrected chi connectivity index (χ4v) is 1.84. The molecule has 1 heterocycles. The number of fused-ring (bicyclic) bond motifs is 1. The van der Waals surface area contributed by atoms with Crippen LogP contribution in [0.15, 0.2) is 48.8 Å². The van der Waals surface area contributed by atoms with E-state index in [-0.39, 0.29) is 11.5 Å². The third-order valence-corrected chi connectivity index (χ3v) is 2.77. The summed E-state index contributed by atoms with van der Waals surface area (Å²) in [6, 6.07) is 12.4. The van der Waals surface area contributed by atoms with E-state index in [1.807, 2.05) is 44.2 Å². The molecular weight excluding hydrogens is 266 g/mol. The summed E-state index contributed by atoms with van der Waals surface area (Å²) in [5.74, 6) is 0.182. The van der Waals surface area contributed by atoms with Gasteiger partial charge in [-0.3, -0.25) is 0 Å². The van der Waals surface area contributed by atoms with Crippen LogP contribution in [0.4, 0.5) is 11.5 Å². The van der Waals surface area contributed by atoms with E-state index in [0.29, 0.717) is 16.7 Å². The molecule has 21 heavy (non-hydrogen) atoms. The minimum absolute atomic E-state index is 0.196. The van der Waals surface area contributed by atoms with Crippen LogP contribution >= 0.6 is 0 Å². The van der Waals surface area contributed by atoms with E-state index in [1.54, 1.807) is 0 Å². The number of hydrogen-bond acceptors (Lipinski definition) is 5. The lowest BCUT2D eigenvalue weighted by Crippen LogP contribution is -1.95. The topological polar surface area (TPSA) is 78.3 Å². The van der Waals surface area contributed by atoms with Crippen molar-refractivity contribution in [2.24, 2.45) is 0 Å². The van der Waals surface area contributed by atoms with Crippen LogP contribution in [0.1, 0.15) is 13.8 Å². The van der Waals surface area contributed by atoms with Crippen molar-refractivity contribution >= 4 is 22.4 Å². The predicted molar refractivity (Wildman–Crippen MR) is 83.9 cm³/mol. The van der Waals surface area contributed by atoms with Crippen LogP contribution in [-0.4, -0.2) is 20.2 Å². The summed E-state index contributed by atoms with van der Waals surface area (Å²) in [5, 5.41) is 22.8. The van der Waals surface area contributed by atoms with Crippen LogP contribution in [0.3, 0.4) is 0 Å². The highest BCUT2D eigenvalue weighted by Crippen LogP contribution is 2.32. The molecule has 0 bridgehead atoms. The van der Waals surface area contributed by atoms with Gasteiger partial charge in [0.1, 0.15) is 12.1 Å². The number of nitrogens with one attached hydrogen (secondary N) is 1. The lowest BCUT2D eigenvalue weighted by molar-refractivity contribution is 0.405. The molecule has 0 radical (unpaired) electrons. The van der Waals surface area contributed by atoms with Crippen molar-refractivity contribution in [3.8, 4) is 11.5 Å². The largest absolute Gasteiger partial charge is 0.504 e. The fourth-order valence-electron chi connectivity index (χ4n) is 1.84. The van der Waals surface area contributed by atoms with E-state index < -0.39 is 0 Å². The Bertz CT molecular complexity index is 730. The normalized spacial score (nSPS) is 9.81. The number of anilines is 2. The number of para-hydroxylation sites is 1. The molecule has 0 amide bonds. The first-order valence-electron chi connectivity index (χ1n) is 6.73. The average Bonchev–Trinajstić information content (AvgIpc) is 2.52. The van der Waals surface area contributed by atoms with Crippen LogP contribution in [0.25, 0.3) is 10.9 Å². The summed E-state index contributed by atoms with van der Waals surface area (Å²) in [5.41, 5.74) is 1.44. The molecule has 0 aliphatic heterocycles. The van der Waals surface area contributed by atoms with E-state index in [0.717, 1.165) is 5.69 Å². The molecule has 3 aromatic rings. The zero-order chi connectivity index (χ0) is 15.2. The molecular formula is C16H17N3O2. The second-order valence-corrected chi connectivity index (χ2v) is 4.07. The maximum absolute atomic E-state index is 9.57. The minimum atomic E-state index is -0.197. The standard InChI is InChI=1S/C14H11N3O2.C2H6/c18-12-6-10-11(7-13(12)19)15-8-16-14(10)17-9-4-2-1-3-5-9;1-2/h1-8,18-19H,(H,15,16,17);1-2H3. The Labute approximate surface area is 122 Å². The van der Waals surface area contributed by atoms with E-state index in [4.69, 9.17) is 0 Å². The van der Waals surface area contributed by atoms with Crippen molar-refractivity contribution in [3.63, 3.8) is 0 Å². The van der Waals surface area contributed by atoms with Gasteiger partial charge in [0.2, 0.25) is 0 Å². The molecule has 0 unspecified atom stereocenters. The monoisotopic (exact) mass is 283 g/mol. The Kier molecular flexibility index (Phi) is 4.56. The van der Waals surface area contributed by atoms with E-state index in [9.17, 15) is 10.2 Å². The smallest absolute Gasteiger partial charge is 0.159 e. The van der Waals surface area contributed by atoms with E-state index in [2.05, 4.69) is 15.3 Å².